The lowest BCUT2D eigenvalue weighted by atomic mass is 10.2. The Kier molecular flexibility index (Phi) is 3.32. The summed E-state index contributed by atoms with van der Waals surface area (Å²) >= 11 is 11.4. The fraction of sp³-hybridized carbons (Fsp3) is 0.143. The average Bonchev–Trinajstić information content (AvgIpc) is 2.98. The molecule has 0 radical (unpaired) electrons. The Morgan fingerprint density at radius 1 is 0.889 bits per heavy atom. The number of rotatable bonds is 2. The van der Waals surface area contributed by atoms with Gasteiger partial charge in [0.2, 0.25) is 0 Å². The van der Waals surface area contributed by atoms with E-state index in [4.69, 9.17) is 11.6 Å². The number of aryl methyl sites for hydroxylation is 2. The number of halogens is 1. The SMILES string of the molecule is Cc1ccsc1-c1ccc(-c2sc(Cl)cc2C)s1. The van der Waals surface area contributed by atoms with Crippen molar-refractivity contribution in [3.8, 4) is 19.5 Å². The van der Waals surface area contributed by atoms with Gasteiger partial charge in [-0.3, -0.25) is 0 Å². The maximum atomic E-state index is 6.07. The highest BCUT2D eigenvalue weighted by atomic mass is 35.5. The van der Waals surface area contributed by atoms with Gasteiger partial charge in [0.25, 0.3) is 0 Å². The van der Waals surface area contributed by atoms with Crippen molar-refractivity contribution in [2.75, 3.05) is 0 Å². The first-order valence-electron chi connectivity index (χ1n) is 5.56. The highest BCUT2D eigenvalue weighted by molar-refractivity contribution is 7.27. The highest BCUT2D eigenvalue weighted by Crippen LogP contribution is 2.42. The van der Waals surface area contributed by atoms with E-state index in [0.29, 0.717) is 0 Å². The third kappa shape index (κ3) is 2.16. The fourth-order valence-electron chi connectivity index (χ4n) is 1.89. The van der Waals surface area contributed by atoms with Crippen LogP contribution in [0, 0.1) is 13.8 Å². The van der Waals surface area contributed by atoms with E-state index in [-0.39, 0.29) is 0 Å². The quantitative estimate of drug-likeness (QED) is 0.508. The van der Waals surface area contributed by atoms with Crippen molar-refractivity contribution in [1.29, 1.82) is 0 Å². The number of thiophene rings is 3. The molecule has 92 valence electrons. The molecule has 0 atom stereocenters. The van der Waals surface area contributed by atoms with Gasteiger partial charge in [-0.2, -0.15) is 0 Å². The monoisotopic (exact) mass is 310 g/mol. The van der Waals surface area contributed by atoms with Gasteiger partial charge in [-0.15, -0.1) is 34.0 Å². The lowest BCUT2D eigenvalue weighted by Crippen LogP contribution is -1.67. The van der Waals surface area contributed by atoms with Crippen molar-refractivity contribution in [2.24, 2.45) is 0 Å². The van der Waals surface area contributed by atoms with Crippen LogP contribution in [-0.4, -0.2) is 0 Å². The van der Waals surface area contributed by atoms with Crippen molar-refractivity contribution in [3.05, 3.63) is 45.1 Å². The van der Waals surface area contributed by atoms with Crippen LogP contribution in [0.2, 0.25) is 4.34 Å². The van der Waals surface area contributed by atoms with Crippen molar-refractivity contribution in [2.45, 2.75) is 13.8 Å². The molecule has 0 saturated carbocycles. The van der Waals surface area contributed by atoms with E-state index < -0.39 is 0 Å². The summed E-state index contributed by atoms with van der Waals surface area (Å²) in [6.45, 7) is 4.28. The van der Waals surface area contributed by atoms with Crippen LogP contribution in [0.25, 0.3) is 19.5 Å². The summed E-state index contributed by atoms with van der Waals surface area (Å²) in [5.41, 5.74) is 2.62. The minimum Gasteiger partial charge on any atom is -0.143 e. The van der Waals surface area contributed by atoms with Crippen molar-refractivity contribution in [1.82, 2.24) is 0 Å². The Bertz CT molecular complexity index is 688. The van der Waals surface area contributed by atoms with E-state index in [1.807, 2.05) is 28.7 Å². The summed E-state index contributed by atoms with van der Waals surface area (Å²) in [5, 5.41) is 2.15. The number of hydrogen-bond donors (Lipinski definition) is 0. The molecule has 0 nitrogen and oxygen atoms in total. The highest BCUT2D eigenvalue weighted by Gasteiger charge is 2.12. The second-order valence-electron chi connectivity index (χ2n) is 4.16. The largest absolute Gasteiger partial charge is 0.143 e. The lowest BCUT2D eigenvalue weighted by molar-refractivity contribution is 1.55. The molecule has 4 heteroatoms. The predicted molar refractivity (Wildman–Crippen MR) is 85.4 cm³/mol. The van der Waals surface area contributed by atoms with E-state index in [0.717, 1.165) is 4.34 Å². The lowest BCUT2D eigenvalue weighted by Gasteiger charge is -1.95. The topological polar surface area (TPSA) is 0 Å². The van der Waals surface area contributed by atoms with Crippen LogP contribution < -0.4 is 0 Å². The van der Waals surface area contributed by atoms with E-state index in [9.17, 15) is 0 Å². The molecule has 18 heavy (non-hydrogen) atoms. The summed E-state index contributed by atoms with van der Waals surface area (Å²) in [4.78, 5) is 5.34. The van der Waals surface area contributed by atoms with Gasteiger partial charge >= 0.3 is 0 Å². The van der Waals surface area contributed by atoms with Gasteiger partial charge in [0.1, 0.15) is 0 Å². The van der Waals surface area contributed by atoms with Crippen LogP contribution in [0.3, 0.4) is 0 Å². The predicted octanol–water partition coefficient (Wildman–Crippen LogP) is 6.48. The van der Waals surface area contributed by atoms with Crippen LogP contribution in [0.5, 0.6) is 0 Å². The first-order valence-corrected chi connectivity index (χ1v) is 8.45. The van der Waals surface area contributed by atoms with Crippen molar-refractivity contribution < 1.29 is 0 Å². The Morgan fingerprint density at radius 3 is 2.17 bits per heavy atom. The third-order valence-corrected chi connectivity index (χ3v) is 6.63. The smallest absolute Gasteiger partial charge is 0.0937 e. The Balaban J connectivity index is 2.05. The van der Waals surface area contributed by atoms with Gasteiger partial charge in [0.05, 0.1) is 4.34 Å². The molecule has 0 amide bonds. The molecule has 0 unspecified atom stereocenters. The Morgan fingerprint density at radius 2 is 1.61 bits per heavy atom. The van der Waals surface area contributed by atoms with Gasteiger partial charge in [-0.1, -0.05) is 11.6 Å². The van der Waals surface area contributed by atoms with Gasteiger partial charge < -0.3 is 0 Å². The van der Waals surface area contributed by atoms with Crippen LogP contribution in [0.15, 0.2) is 29.6 Å². The molecule has 0 spiro atoms. The molecule has 0 aliphatic heterocycles. The molecular weight excluding hydrogens is 300 g/mol. The molecule has 3 aromatic heterocycles. The molecular formula is C14H11ClS3. The van der Waals surface area contributed by atoms with Crippen LogP contribution >= 0.6 is 45.6 Å². The normalized spacial score (nSPS) is 11.1. The molecule has 0 aliphatic carbocycles. The Labute approximate surface area is 123 Å². The van der Waals surface area contributed by atoms with Crippen molar-refractivity contribution >= 4 is 45.6 Å². The molecule has 3 rings (SSSR count). The second kappa shape index (κ2) is 4.82. The third-order valence-electron chi connectivity index (χ3n) is 2.80. The summed E-state index contributed by atoms with van der Waals surface area (Å²) in [5.74, 6) is 0. The van der Waals surface area contributed by atoms with E-state index in [1.165, 1.54) is 30.6 Å². The van der Waals surface area contributed by atoms with E-state index >= 15 is 0 Å². The zero-order valence-electron chi connectivity index (χ0n) is 9.99. The molecule has 0 N–H and O–H groups in total. The summed E-state index contributed by atoms with van der Waals surface area (Å²) < 4.78 is 0.866. The van der Waals surface area contributed by atoms with E-state index in [1.54, 1.807) is 11.3 Å². The van der Waals surface area contributed by atoms with Crippen LogP contribution in [0.1, 0.15) is 11.1 Å². The zero-order chi connectivity index (χ0) is 12.7. The standard InChI is InChI=1S/C14H11ClS3/c1-8-5-6-16-13(8)10-3-4-11(17-10)14-9(2)7-12(15)18-14/h3-7H,1-2H3. The first-order chi connectivity index (χ1) is 8.65. The molecule has 3 heterocycles. The molecule has 0 bridgehead atoms. The van der Waals surface area contributed by atoms with Gasteiger partial charge in [-0.25, -0.2) is 0 Å². The molecule has 0 saturated heterocycles. The maximum Gasteiger partial charge on any atom is 0.0937 e. The maximum absolute atomic E-state index is 6.07. The molecule has 0 aromatic carbocycles. The van der Waals surface area contributed by atoms with Crippen LogP contribution in [-0.2, 0) is 0 Å². The summed E-state index contributed by atoms with van der Waals surface area (Å²) in [6, 6.07) is 8.63. The van der Waals surface area contributed by atoms with Gasteiger partial charge in [-0.05, 0) is 54.6 Å². The summed E-state index contributed by atoms with van der Waals surface area (Å²) in [7, 11) is 0. The number of hydrogen-bond acceptors (Lipinski definition) is 3. The molecule has 0 aliphatic rings. The van der Waals surface area contributed by atoms with Gasteiger partial charge in [0, 0.05) is 19.5 Å². The van der Waals surface area contributed by atoms with Crippen molar-refractivity contribution in [3.63, 3.8) is 0 Å². The second-order valence-corrected chi connectivity index (χ2v) is 7.84. The molecule has 3 aromatic rings. The minimum atomic E-state index is 0.866. The minimum absolute atomic E-state index is 0.866. The van der Waals surface area contributed by atoms with E-state index in [2.05, 4.69) is 37.4 Å². The van der Waals surface area contributed by atoms with Gasteiger partial charge in [0.15, 0.2) is 0 Å². The van der Waals surface area contributed by atoms with Crippen LogP contribution in [0.4, 0.5) is 0 Å². The fourth-order valence-corrected chi connectivity index (χ4v) is 5.49. The Hall–Kier alpha value is -0.610. The zero-order valence-corrected chi connectivity index (χ0v) is 13.2. The molecule has 0 fully saturated rings. The first kappa shape index (κ1) is 12.4. The average molecular weight is 311 g/mol. The summed E-state index contributed by atoms with van der Waals surface area (Å²) in [6.07, 6.45) is 0.